The Morgan fingerprint density at radius 1 is 1.31 bits per heavy atom. The Bertz CT molecular complexity index is 305. The van der Waals surface area contributed by atoms with Gasteiger partial charge in [-0.15, -0.1) is 0 Å². The van der Waals surface area contributed by atoms with Gasteiger partial charge in [0.2, 0.25) is 0 Å². The van der Waals surface area contributed by atoms with Crippen LogP contribution in [0.5, 0.6) is 0 Å². The van der Waals surface area contributed by atoms with Crippen molar-refractivity contribution in [2.45, 2.75) is 13.8 Å². The predicted octanol–water partition coefficient (Wildman–Crippen LogP) is 2.79. The molecule has 0 aromatic heterocycles. The number of anilines is 1. The third-order valence-corrected chi connectivity index (χ3v) is 2.04. The summed E-state index contributed by atoms with van der Waals surface area (Å²) in [7, 11) is 0. The second kappa shape index (κ2) is 4.55. The Morgan fingerprint density at radius 3 is 2.69 bits per heavy atom. The van der Waals surface area contributed by atoms with Crippen LogP contribution in [0.1, 0.15) is 11.1 Å². The second-order valence-corrected chi connectivity index (χ2v) is 3.06. The second-order valence-electron chi connectivity index (χ2n) is 3.06. The van der Waals surface area contributed by atoms with Crippen LogP contribution in [0.15, 0.2) is 30.5 Å². The van der Waals surface area contributed by atoms with Gasteiger partial charge in [0, 0.05) is 12.2 Å². The van der Waals surface area contributed by atoms with Crippen molar-refractivity contribution in [2.75, 3.05) is 11.9 Å². The molecule has 0 unspecified atom stereocenters. The number of benzene rings is 1. The summed E-state index contributed by atoms with van der Waals surface area (Å²) in [5.41, 5.74) is 3.66. The minimum absolute atomic E-state index is 0.652. The maximum absolute atomic E-state index is 8.42. The van der Waals surface area contributed by atoms with Gasteiger partial charge in [-0.2, -0.15) is 0 Å². The number of aliphatic hydroxyl groups excluding tert-OH is 1. The summed E-state index contributed by atoms with van der Waals surface area (Å²) in [6.45, 7) is 4.83. The van der Waals surface area contributed by atoms with Crippen molar-refractivity contribution >= 4 is 5.69 Å². The normalized spacial score (nSPS) is 10.6. The Morgan fingerprint density at radius 2 is 2.08 bits per heavy atom. The fraction of sp³-hybridized carbons (Fsp3) is 0.273. The average molecular weight is 177 g/mol. The molecular formula is C11H15NO. The van der Waals surface area contributed by atoms with E-state index in [9.17, 15) is 0 Å². The Balaban J connectivity index is 2.63. The standard InChI is InChI=1S/C11H15NO/c1-9-4-5-11(8-10(9)2)12-6-3-7-13/h3-5,7-8,12-13H,6H2,1-2H3. The molecule has 0 aliphatic rings. The third-order valence-electron chi connectivity index (χ3n) is 2.04. The van der Waals surface area contributed by atoms with Crippen LogP contribution in [0.3, 0.4) is 0 Å². The summed E-state index contributed by atoms with van der Waals surface area (Å²) in [4.78, 5) is 0. The van der Waals surface area contributed by atoms with E-state index >= 15 is 0 Å². The predicted molar refractivity (Wildman–Crippen MR) is 56.2 cm³/mol. The van der Waals surface area contributed by atoms with Gasteiger partial charge in [-0.05, 0) is 43.2 Å². The summed E-state index contributed by atoms with van der Waals surface area (Å²) in [5.74, 6) is 0. The third kappa shape index (κ3) is 2.82. The van der Waals surface area contributed by atoms with Crippen molar-refractivity contribution in [2.24, 2.45) is 0 Å². The number of aliphatic hydroxyl groups is 1. The molecule has 1 rings (SSSR count). The first-order valence-corrected chi connectivity index (χ1v) is 4.34. The van der Waals surface area contributed by atoms with Gasteiger partial charge >= 0.3 is 0 Å². The summed E-state index contributed by atoms with van der Waals surface area (Å²) in [6.07, 6.45) is 2.71. The van der Waals surface area contributed by atoms with Crippen LogP contribution in [-0.2, 0) is 0 Å². The molecule has 0 atom stereocenters. The van der Waals surface area contributed by atoms with Crippen molar-refractivity contribution in [3.63, 3.8) is 0 Å². The number of rotatable bonds is 3. The summed E-state index contributed by atoms with van der Waals surface area (Å²) in [6, 6.07) is 6.22. The van der Waals surface area contributed by atoms with Gasteiger partial charge in [0.05, 0.1) is 6.26 Å². The van der Waals surface area contributed by atoms with Gasteiger partial charge in [0.1, 0.15) is 0 Å². The molecule has 0 saturated heterocycles. The zero-order valence-electron chi connectivity index (χ0n) is 8.04. The number of aryl methyl sites for hydroxylation is 2. The first-order valence-electron chi connectivity index (χ1n) is 4.34. The van der Waals surface area contributed by atoms with E-state index in [1.807, 2.05) is 6.07 Å². The highest BCUT2D eigenvalue weighted by Crippen LogP contribution is 2.13. The lowest BCUT2D eigenvalue weighted by molar-refractivity contribution is 0.472. The van der Waals surface area contributed by atoms with Crippen LogP contribution in [0, 0.1) is 13.8 Å². The van der Waals surface area contributed by atoms with E-state index < -0.39 is 0 Å². The summed E-state index contributed by atoms with van der Waals surface area (Å²) in [5, 5.41) is 11.6. The van der Waals surface area contributed by atoms with Crippen LogP contribution in [0.25, 0.3) is 0 Å². The van der Waals surface area contributed by atoms with E-state index in [0.717, 1.165) is 11.9 Å². The molecule has 1 aromatic rings. The molecule has 70 valence electrons. The molecule has 2 heteroatoms. The topological polar surface area (TPSA) is 32.3 Å². The van der Waals surface area contributed by atoms with Gasteiger partial charge in [0.15, 0.2) is 0 Å². The largest absolute Gasteiger partial charge is 0.516 e. The molecule has 0 heterocycles. The molecular weight excluding hydrogens is 162 g/mol. The highest BCUT2D eigenvalue weighted by molar-refractivity contribution is 5.48. The van der Waals surface area contributed by atoms with Gasteiger partial charge in [-0.25, -0.2) is 0 Å². The maximum atomic E-state index is 8.42. The first kappa shape index (κ1) is 9.65. The summed E-state index contributed by atoms with van der Waals surface area (Å²) < 4.78 is 0. The van der Waals surface area contributed by atoms with Crippen LogP contribution in [0.4, 0.5) is 5.69 Å². The fourth-order valence-electron chi connectivity index (χ4n) is 1.08. The molecule has 0 aliphatic carbocycles. The molecule has 0 saturated carbocycles. The average Bonchev–Trinajstić information content (AvgIpc) is 2.12. The van der Waals surface area contributed by atoms with Gasteiger partial charge < -0.3 is 10.4 Å². The van der Waals surface area contributed by atoms with Crippen LogP contribution >= 0.6 is 0 Å². The zero-order chi connectivity index (χ0) is 9.68. The maximum Gasteiger partial charge on any atom is 0.0769 e. The highest BCUT2D eigenvalue weighted by atomic mass is 16.2. The van der Waals surface area contributed by atoms with Gasteiger partial charge in [0.25, 0.3) is 0 Å². The van der Waals surface area contributed by atoms with Crippen LogP contribution < -0.4 is 5.32 Å². The molecule has 0 radical (unpaired) electrons. The minimum Gasteiger partial charge on any atom is -0.516 e. The molecule has 0 aliphatic heterocycles. The van der Waals surface area contributed by atoms with Crippen LogP contribution in [0.2, 0.25) is 0 Å². The molecule has 13 heavy (non-hydrogen) atoms. The van der Waals surface area contributed by atoms with Crippen molar-refractivity contribution in [1.29, 1.82) is 0 Å². The first-order chi connectivity index (χ1) is 6.24. The molecule has 0 amide bonds. The lowest BCUT2D eigenvalue weighted by atomic mass is 10.1. The Kier molecular flexibility index (Phi) is 3.38. The van der Waals surface area contributed by atoms with Crippen molar-refractivity contribution in [3.05, 3.63) is 41.7 Å². The fourth-order valence-corrected chi connectivity index (χ4v) is 1.08. The molecule has 0 bridgehead atoms. The minimum atomic E-state index is 0.652. The molecule has 2 nitrogen and oxygen atoms in total. The number of hydrogen-bond acceptors (Lipinski definition) is 2. The molecule has 1 aromatic carbocycles. The van der Waals surface area contributed by atoms with Crippen molar-refractivity contribution in [3.8, 4) is 0 Å². The highest BCUT2D eigenvalue weighted by Gasteiger charge is 1.93. The van der Waals surface area contributed by atoms with E-state index in [1.54, 1.807) is 6.08 Å². The monoisotopic (exact) mass is 177 g/mol. The van der Waals surface area contributed by atoms with E-state index in [0.29, 0.717) is 6.54 Å². The Labute approximate surface area is 78.9 Å². The quantitative estimate of drug-likeness (QED) is 0.696. The van der Waals surface area contributed by atoms with Crippen LogP contribution in [-0.4, -0.2) is 11.7 Å². The van der Waals surface area contributed by atoms with Gasteiger partial charge in [-0.1, -0.05) is 6.07 Å². The summed E-state index contributed by atoms with van der Waals surface area (Å²) >= 11 is 0. The lowest BCUT2D eigenvalue weighted by Gasteiger charge is -2.05. The van der Waals surface area contributed by atoms with E-state index in [1.165, 1.54) is 11.1 Å². The number of nitrogens with one attached hydrogen (secondary N) is 1. The number of hydrogen-bond donors (Lipinski definition) is 2. The van der Waals surface area contributed by atoms with E-state index in [-0.39, 0.29) is 0 Å². The molecule has 2 N–H and O–H groups in total. The molecule has 0 spiro atoms. The molecule has 0 fully saturated rings. The SMILES string of the molecule is Cc1ccc(NCC=CO)cc1C. The van der Waals surface area contributed by atoms with Gasteiger partial charge in [-0.3, -0.25) is 0 Å². The van der Waals surface area contributed by atoms with E-state index in [4.69, 9.17) is 5.11 Å². The zero-order valence-corrected chi connectivity index (χ0v) is 8.04. The lowest BCUT2D eigenvalue weighted by Crippen LogP contribution is -1.98. The smallest absolute Gasteiger partial charge is 0.0769 e. The van der Waals surface area contributed by atoms with E-state index in [2.05, 4.69) is 31.3 Å². The van der Waals surface area contributed by atoms with Crippen molar-refractivity contribution in [1.82, 2.24) is 0 Å². The van der Waals surface area contributed by atoms with Crippen molar-refractivity contribution < 1.29 is 5.11 Å². The Hall–Kier alpha value is -1.44.